The van der Waals surface area contributed by atoms with E-state index in [0.29, 0.717) is 22.0 Å². The van der Waals surface area contributed by atoms with Crippen LogP contribution in [0.3, 0.4) is 0 Å². The van der Waals surface area contributed by atoms with Gasteiger partial charge in [-0.15, -0.1) is 0 Å². The summed E-state index contributed by atoms with van der Waals surface area (Å²) in [5.74, 6) is -0.734. The van der Waals surface area contributed by atoms with Gasteiger partial charge in [0.05, 0.1) is 22.7 Å². The molecule has 1 atom stereocenters. The maximum atomic E-state index is 12.5. The maximum Gasteiger partial charge on any atom is 0.260 e. The Balaban J connectivity index is 1.62. The Morgan fingerprint density at radius 2 is 1.85 bits per heavy atom. The molecule has 1 aliphatic heterocycles. The van der Waals surface area contributed by atoms with Gasteiger partial charge in [0.1, 0.15) is 12.0 Å². The van der Waals surface area contributed by atoms with Crippen LogP contribution in [-0.2, 0) is 4.79 Å². The zero-order valence-corrected chi connectivity index (χ0v) is 18.0. The fourth-order valence-electron chi connectivity index (χ4n) is 3.63. The number of amidine groups is 1. The van der Waals surface area contributed by atoms with Crippen LogP contribution in [0.2, 0.25) is 5.02 Å². The number of amides is 1. The highest BCUT2D eigenvalue weighted by molar-refractivity contribution is 6.30. The molecule has 0 fully saturated rings. The van der Waals surface area contributed by atoms with Crippen molar-refractivity contribution in [2.45, 2.75) is 0 Å². The van der Waals surface area contributed by atoms with Crippen molar-refractivity contribution in [2.75, 3.05) is 0 Å². The van der Waals surface area contributed by atoms with Gasteiger partial charge in [-0.1, -0.05) is 60.2 Å². The van der Waals surface area contributed by atoms with Gasteiger partial charge in [0.2, 0.25) is 0 Å². The number of halogens is 1. The molecule has 0 saturated heterocycles. The monoisotopic (exact) mass is 449 g/mol. The number of nitrogens with zero attached hydrogens (tertiary/aromatic N) is 5. The highest BCUT2D eigenvalue weighted by Gasteiger charge is 2.27. The van der Waals surface area contributed by atoms with Crippen LogP contribution < -0.4 is 0 Å². The third kappa shape index (κ3) is 4.10. The average molecular weight is 450 g/mol. The molecule has 33 heavy (non-hydrogen) atoms. The number of benzene rings is 2. The summed E-state index contributed by atoms with van der Waals surface area (Å²) in [4.78, 5) is 21.1. The van der Waals surface area contributed by atoms with Crippen LogP contribution >= 0.6 is 11.6 Å². The lowest BCUT2D eigenvalue weighted by atomic mass is 9.96. The lowest BCUT2D eigenvalue weighted by molar-refractivity contribution is -0.118. The number of fused-ring (bicyclic) bond motifs is 1. The van der Waals surface area contributed by atoms with E-state index in [1.165, 1.54) is 0 Å². The van der Waals surface area contributed by atoms with Crippen molar-refractivity contribution in [3.63, 3.8) is 0 Å². The molecule has 158 valence electrons. The van der Waals surface area contributed by atoms with E-state index >= 15 is 0 Å². The molecule has 1 aromatic heterocycles. The van der Waals surface area contributed by atoms with Gasteiger partial charge in [0.15, 0.2) is 5.84 Å². The smallest absolute Gasteiger partial charge is 0.260 e. The second-order valence-corrected chi connectivity index (χ2v) is 7.86. The average Bonchev–Trinajstić information content (AvgIpc) is 3.27. The second kappa shape index (κ2) is 8.65. The van der Waals surface area contributed by atoms with Gasteiger partial charge in [0, 0.05) is 22.3 Å². The first-order valence-electron chi connectivity index (χ1n) is 10.2. The highest BCUT2D eigenvalue weighted by atomic mass is 35.5. The maximum absolute atomic E-state index is 12.5. The van der Waals surface area contributed by atoms with Crippen LogP contribution in [0, 0.1) is 17.2 Å². The Morgan fingerprint density at radius 3 is 2.61 bits per heavy atom. The highest BCUT2D eigenvalue weighted by Crippen LogP contribution is 2.28. The molecule has 2 aromatic carbocycles. The van der Waals surface area contributed by atoms with Crippen molar-refractivity contribution in [1.82, 2.24) is 9.78 Å². The van der Waals surface area contributed by atoms with Gasteiger partial charge in [-0.2, -0.15) is 15.4 Å². The number of rotatable bonds is 4. The predicted molar refractivity (Wildman–Crippen MR) is 129 cm³/mol. The van der Waals surface area contributed by atoms with Crippen LogP contribution in [0.25, 0.3) is 23.0 Å². The van der Waals surface area contributed by atoms with E-state index in [1.54, 1.807) is 41.1 Å². The van der Waals surface area contributed by atoms with Gasteiger partial charge in [0.25, 0.3) is 5.91 Å². The number of nitriles is 1. The van der Waals surface area contributed by atoms with E-state index in [4.69, 9.17) is 16.7 Å². The molecule has 1 amide bonds. The fraction of sp³-hybridized carbons (Fsp3) is 0.0385. The van der Waals surface area contributed by atoms with Gasteiger partial charge in [-0.25, -0.2) is 9.67 Å². The van der Waals surface area contributed by atoms with Crippen molar-refractivity contribution in [3.8, 4) is 23.0 Å². The molecule has 2 heterocycles. The molecule has 0 saturated carbocycles. The van der Waals surface area contributed by atoms with Gasteiger partial charge >= 0.3 is 0 Å². The minimum absolute atomic E-state index is 0.100. The van der Waals surface area contributed by atoms with E-state index in [1.807, 2.05) is 54.7 Å². The molecule has 1 unspecified atom stereocenters. The van der Waals surface area contributed by atoms with E-state index in [-0.39, 0.29) is 17.3 Å². The lowest BCUT2D eigenvalue weighted by Crippen LogP contribution is -2.27. The summed E-state index contributed by atoms with van der Waals surface area (Å²) in [5.41, 5.74) is 3.82. The number of hydrogen-bond donors (Lipinski definition) is 0. The molecule has 0 spiro atoms. The molecular formula is C26H16ClN5O. The Morgan fingerprint density at radius 1 is 1.06 bits per heavy atom. The SMILES string of the molecule is N#C/C(=C\c1cn(-c2ccccc2)nc1-c1ccc(Cl)cc1)C1=NC(=O)C2C=CC=CC2=N1. The van der Waals surface area contributed by atoms with Gasteiger partial charge in [-0.05, 0) is 36.4 Å². The first-order valence-corrected chi connectivity index (χ1v) is 10.6. The van der Waals surface area contributed by atoms with Gasteiger partial charge in [-0.3, -0.25) is 4.79 Å². The van der Waals surface area contributed by atoms with Crippen LogP contribution in [0.1, 0.15) is 5.56 Å². The summed E-state index contributed by atoms with van der Waals surface area (Å²) in [7, 11) is 0. The molecular weight excluding hydrogens is 434 g/mol. The Bertz CT molecular complexity index is 1430. The third-order valence-electron chi connectivity index (χ3n) is 5.26. The normalized spacial score (nSPS) is 17.3. The summed E-state index contributed by atoms with van der Waals surface area (Å²) in [6.45, 7) is 0. The second-order valence-electron chi connectivity index (χ2n) is 7.42. The van der Waals surface area contributed by atoms with Crippen LogP contribution in [-0.4, -0.2) is 27.2 Å². The molecule has 0 bridgehead atoms. The first-order chi connectivity index (χ1) is 16.1. The summed E-state index contributed by atoms with van der Waals surface area (Å²) < 4.78 is 1.75. The summed E-state index contributed by atoms with van der Waals surface area (Å²) in [6.07, 6.45) is 10.6. The summed E-state index contributed by atoms with van der Waals surface area (Å²) >= 11 is 6.06. The number of carbonyl (C=O) groups is 1. The van der Waals surface area contributed by atoms with Crippen molar-refractivity contribution in [2.24, 2.45) is 15.9 Å². The van der Waals surface area contributed by atoms with Gasteiger partial charge < -0.3 is 0 Å². The quantitative estimate of drug-likeness (QED) is 0.512. The topological polar surface area (TPSA) is 83.4 Å². The standard InChI is InChI=1S/C26H16ClN5O/c27-20-12-10-17(11-13-20)24-19(16-32(31-24)21-6-2-1-3-7-21)14-18(15-28)25-29-23-9-5-4-8-22(23)26(33)30-25/h1-14,16,22H/b18-14+. The summed E-state index contributed by atoms with van der Waals surface area (Å²) in [5, 5.41) is 15.3. The van der Waals surface area contributed by atoms with Crippen molar-refractivity contribution in [3.05, 3.63) is 101 Å². The molecule has 7 heteroatoms. The molecule has 0 N–H and O–H groups in total. The van der Waals surface area contributed by atoms with Crippen molar-refractivity contribution < 1.29 is 4.79 Å². The molecule has 3 aromatic rings. The lowest BCUT2D eigenvalue weighted by Gasteiger charge is -2.17. The number of allylic oxidation sites excluding steroid dienone is 3. The number of aliphatic imine (C=N–C) groups is 2. The predicted octanol–water partition coefficient (Wildman–Crippen LogP) is 5.22. The molecule has 1 aliphatic carbocycles. The first kappa shape index (κ1) is 20.6. The number of para-hydroxylation sites is 1. The molecule has 5 rings (SSSR count). The molecule has 6 nitrogen and oxygen atoms in total. The Kier molecular flexibility index (Phi) is 5.39. The number of carbonyl (C=O) groups excluding carboxylic acids is 1. The number of aromatic nitrogens is 2. The van der Waals surface area contributed by atoms with Crippen molar-refractivity contribution in [1.29, 1.82) is 5.26 Å². The number of hydrogen-bond acceptors (Lipinski definition) is 4. The van der Waals surface area contributed by atoms with E-state index in [2.05, 4.69) is 16.1 Å². The van der Waals surface area contributed by atoms with E-state index in [9.17, 15) is 10.1 Å². The van der Waals surface area contributed by atoms with Crippen LogP contribution in [0.4, 0.5) is 0 Å². The zero-order chi connectivity index (χ0) is 22.8. The minimum Gasteiger partial charge on any atom is -0.271 e. The minimum atomic E-state index is -0.496. The van der Waals surface area contributed by atoms with Crippen LogP contribution in [0.5, 0.6) is 0 Å². The Labute approximate surface area is 195 Å². The van der Waals surface area contributed by atoms with E-state index in [0.717, 1.165) is 11.3 Å². The largest absolute Gasteiger partial charge is 0.271 e. The molecule has 2 aliphatic rings. The van der Waals surface area contributed by atoms with E-state index < -0.39 is 5.92 Å². The molecule has 0 radical (unpaired) electrons. The Hall–Kier alpha value is -4.34. The van der Waals surface area contributed by atoms with Crippen molar-refractivity contribution >= 4 is 35.1 Å². The summed E-state index contributed by atoms with van der Waals surface area (Å²) in [6, 6.07) is 19.1. The zero-order valence-electron chi connectivity index (χ0n) is 17.3. The fourth-order valence-corrected chi connectivity index (χ4v) is 3.76. The van der Waals surface area contributed by atoms with Crippen LogP contribution in [0.15, 0.2) is 101 Å². The third-order valence-corrected chi connectivity index (χ3v) is 5.51.